The van der Waals surface area contributed by atoms with Crippen LogP contribution in [0.5, 0.6) is 0 Å². The zero-order valence-electron chi connectivity index (χ0n) is 14.0. The first-order valence-corrected chi connectivity index (χ1v) is 14.7. The maximum absolute atomic E-state index is 2.59. The van der Waals surface area contributed by atoms with E-state index in [-0.39, 0.29) is 0 Å². The van der Waals surface area contributed by atoms with Crippen LogP contribution in [0.15, 0.2) is 23.3 Å². The molecule has 0 aliphatic rings. The normalized spacial score (nSPS) is 13.7. The highest BCUT2D eigenvalue weighted by atomic mass is 28.3. The fraction of sp³-hybridized carbons (Fsp3) is 0.750. The lowest BCUT2D eigenvalue weighted by molar-refractivity contribution is 0.954. The van der Waals surface area contributed by atoms with Crippen LogP contribution in [-0.4, -0.2) is 16.1 Å². The molecule has 0 aromatic rings. The third kappa shape index (κ3) is 12.4. The molecule has 0 aromatic carbocycles. The van der Waals surface area contributed by atoms with Gasteiger partial charge in [-0.2, -0.15) is 0 Å². The second-order valence-electron chi connectivity index (χ2n) is 8.18. The summed E-state index contributed by atoms with van der Waals surface area (Å²) in [6.45, 7) is 19.2. The van der Waals surface area contributed by atoms with Gasteiger partial charge in [-0.1, -0.05) is 62.6 Å². The van der Waals surface area contributed by atoms with Gasteiger partial charge in [-0.3, -0.25) is 0 Å². The largest absolute Gasteiger partial charge is 0.0883 e. The Labute approximate surface area is 118 Å². The molecular weight excluding hydrogens is 248 g/mol. The molecule has 0 saturated heterocycles. The van der Waals surface area contributed by atoms with Crippen LogP contribution < -0.4 is 0 Å². The summed E-state index contributed by atoms with van der Waals surface area (Å²) >= 11 is 0. The summed E-state index contributed by atoms with van der Waals surface area (Å²) in [5.74, 6) is 0. The van der Waals surface area contributed by atoms with E-state index in [1.165, 1.54) is 30.5 Å². The Hall–Kier alpha value is -0.0862. The van der Waals surface area contributed by atoms with Gasteiger partial charge in [-0.05, 0) is 38.8 Å². The van der Waals surface area contributed by atoms with Crippen LogP contribution in [0.3, 0.4) is 0 Å². The molecule has 0 bridgehead atoms. The van der Waals surface area contributed by atoms with Gasteiger partial charge < -0.3 is 0 Å². The summed E-state index contributed by atoms with van der Waals surface area (Å²) in [5.41, 5.74) is 3.18. The van der Waals surface area contributed by atoms with E-state index in [1.807, 2.05) is 0 Å². The predicted octanol–water partition coefficient (Wildman–Crippen LogP) is 6.34. The van der Waals surface area contributed by atoms with Crippen molar-refractivity contribution in [2.75, 3.05) is 0 Å². The minimum atomic E-state index is -0.967. The van der Waals surface area contributed by atoms with Gasteiger partial charge in [0.1, 0.15) is 0 Å². The predicted molar refractivity (Wildman–Crippen MR) is 93.1 cm³/mol. The van der Waals surface area contributed by atoms with Crippen LogP contribution in [0.25, 0.3) is 0 Å². The lowest BCUT2D eigenvalue weighted by atomic mass is 10.1. The molecule has 0 atom stereocenters. The van der Waals surface area contributed by atoms with Crippen LogP contribution in [0.2, 0.25) is 51.4 Å². The Bertz CT molecular complexity index is 294. The Kier molecular flexibility index (Phi) is 7.45. The maximum atomic E-state index is 2.59. The molecule has 2 heteroatoms. The van der Waals surface area contributed by atoms with E-state index in [1.54, 1.807) is 5.57 Å². The van der Waals surface area contributed by atoms with Gasteiger partial charge in [0, 0.05) is 16.1 Å². The molecule has 0 spiro atoms. The number of rotatable bonds is 7. The van der Waals surface area contributed by atoms with E-state index in [2.05, 4.69) is 65.3 Å². The summed E-state index contributed by atoms with van der Waals surface area (Å²) in [5, 5.41) is 0. The highest BCUT2D eigenvalue weighted by Gasteiger charge is 2.17. The molecule has 0 saturated carbocycles. The van der Waals surface area contributed by atoms with Crippen LogP contribution in [-0.2, 0) is 0 Å². The van der Waals surface area contributed by atoms with Crippen molar-refractivity contribution in [1.29, 1.82) is 0 Å². The van der Waals surface area contributed by atoms with E-state index in [4.69, 9.17) is 0 Å². The second kappa shape index (κ2) is 7.49. The lowest BCUT2D eigenvalue weighted by Gasteiger charge is -2.20. The Morgan fingerprint density at radius 1 is 0.833 bits per heavy atom. The van der Waals surface area contributed by atoms with Crippen molar-refractivity contribution in [3.63, 3.8) is 0 Å². The van der Waals surface area contributed by atoms with Gasteiger partial charge >= 0.3 is 0 Å². The lowest BCUT2D eigenvalue weighted by Crippen LogP contribution is -2.21. The molecule has 0 heterocycles. The zero-order chi connectivity index (χ0) is 14.4. The van der Waals surface area contributed by atoms with Gasteiger partial charge in [0.05, 0.1) is 0 Å². The van der Waals surface area contributed by atoms with Crippen molar-refractivity contribution in [2.45, 2.75) is 78.1 Å². The minimum Gasteiger partial charge on any atom is -0.0883 e. The summed E-state index contributed by atoms with van der Waals surface area (Å²) < 4.78 is 0. The first kappa shape index (κ1) is 17.9. The monoisotopic (exact) mass is 282 g/mol. The molecule has 0 fully saturated rings. The molecule has 18 heavy (non-hydrogen) atoms. The fourth-order valence-corrected chi connectivity index (χ4v) is 4.53. The van der Waals surface area contributed by atoms with Crippen molar-refractivity contribution in [3.05, 3.63) is 23.3 Å². The van der Waals surface area contributed by atoms with Crippen LogP contribution in [0, 0.1) is 0 Å². The molecule has 0 aliphatic carbocycles. The van der Waals surface area contributed by atoms with E-state index < -0.39 is 16.1 Å². The van der Waals surface area contributed by atoms with E-state index >= 15 is 0 Å². The minimum absolute atomic E-state index is 0.933. The molecular formula is C16H34Si2. The van der Waals surface area contributed by atoms with Crippen molar-refractivity contribution in [1.82, 2.24) is 0 Å². The third-order valence-corrected chi connectivity index (χ3v) is 5.72. The molecule has 0 radical (unpaired) electrons. The van der Waals surface area contributed by atoms with Crippen LogP contribution >= 0.6 is 0 Å². The first-order chi connectivity index (χ1) is 7.99. The van der Waals surface area contributed by atoms with Crippen molar-refractivity contribution >= 4 is 16.1 Å². The van der Waals surface area contributed by atoms with Gasteiger partial charge in [0.15, 0.2) is 0 Å². The highest BCUT2D eigenvalue weighted by Crippen LogP contribution is 2.23. The van der Waals surface area contributed by atoms with E-state index in [0.29, 0.717) is 0 Å². The number of hydrogen-bond acceptors (Lipinski definition) is 0. The fourth-order valence-electron chi connectivity index (χ4n) is 1.94. The van der Waals surface area contributed by atoms with Gasteiger partial charge in [0.25, 0.3) is 0 Å². The third-order valence-electron chi connectivity index (χ3n) is 2.78. The van der Waals surface area contributed by atoms with E-state index in [0.717, 1.165) is 0 Å². The number of hydrogen-bond donors (Lipinski definition) is 0. The Balaban J connectivity index is 4.57. The van der Waals surface area contributed by atoms with Crippen molar-refractivity contribution in [2.24, 2.45) is 0 Å². The molecule has 0 unspecified atom stereocenters. The van der Waals surface area contributed by atoms with Gasteiger partial charge in [-0.15, -0.1) is 0 Å². The topological polar surface area (TPSA) is 0 Å². The van der Waals surface area contributed by atoms with Crippen molar-refractivity contribution in [3.8, 4) is 0 Å². The summed E-state index contributed by atoms with van der Waals surface area (Å²) in [7, 11) is -1.90. The highest BCUT2D eigenvalue weighted by molar-refractivity contribution is 6.77. The average Bonchev–Trinajstić information content (AvgIpc) is 2.09. The smallest absolute Gasteiger partial charge is 0.0483 e. The average molecular weight is 283 g/mol. The molecule has 106 valence electrons. The molecule has 0 aliphatic heterocycles. The molecule has 0 nitrogen and oxygen atoms in total. The molecule has 0 N–H and O–H groups in total. The molecule has 0 amide bonds. The summed E-state index contributed by atoms with van der Waals surface area (Å²) in [6.07, 6.45) is 7.47. The standard InChI is InChI=1S/C16H34Si2/c1-15(2)10-9-11-16(14-18(6,7)8)12-13-17(3,4)5/h10,12H,9,11,13-14H2,1-8H3. The Morgan fingerprint density at radius 2 is 1.39 bits per heavy atom. The second-order valence-corrected chi connectivity index (χ2v) is 19.2. The maximum Gasteiger partial charge on any atom is 0.0483 e. The molecule has 0 rings (SSSR count). The summed E-state index contributed by atoms with van der Waals surface area (Å²) in [6, 6.07) is 2.73. The van der Waals surface area contributed by atoms with Crippen LogP contribution in [0.1, 0.15) is 26.7 Å². The van der Waals surface area contributed by atoms with Crippen molar-refractivity contribution < 1.29 is 0 Å². The number of allylic oxidation sites excluding steroid dienone is 4. The quantitative estimate of drug-likeness (QED) is 0.378. The van der Waals surface area contributed by atoms with Crippen LogP contribution in [0.4, 0.5) is 0 Å². The molecule has 0 aromatic heterocycles. The summed E-state index contributed by atoms with van der Waals surface area (Å²) in [4.78, 5) is 0. The first-order valence-electron chi connectivity index (χ1n) is 7.31. The SMILES string of the molecule is CC(C)=CCCC(=CC[Si](C)(C)C)C[Si](C)(C)C. The van der Waals surface area contributed by atoms with Gasteiger partial charge in [-0.25, -0.2) is 0 Å². The van der Waals surface area contributed by atoms with E-state index in [9.17, 15) is 0 Å². The zero-order valence-corrected chi connectivity index (χ0v) is 16.0. The Morgan fingerprint density at radius 3 is 1.78 bits per heavy atom. The van der Waals surface area contributed by atoms with Gasteiger partial charge in [0.2, 0.25) is 0 Å².